The summed E-state index contributed by atoms with van der Waals surface area (Å²) in [5.74, 6) is -3.56. The fourth-order valence-corrected chi connectivity index (χ4v) is 3.76. The maximum Gasteiger partial charge on any atom is 0.317 e. The molecule has 1 heterocycles. The van der Waals surface area contributed by atoms with E-state index in [1.54, 1.807) is 0 Å². The SMILES string of the molecule is NC(=O)Nc1sc(NC(=O)[C@@H]2CCCC[C@@H]2C(=O)O)cc1C(N)=O. The van der Waals surface area contributed by atoms with Gasteiger partial charge in [0.15, 0.2) is 0 Å². The zero-order valence-corrected chi connectivity index (χ0v) is 13.5. The van der Waals surface area contributed by atoms with Crippen LogP contribution in [0.3, 0.4) is 0 Å². The first kappa shape index (κ1) is 17.7. The third kappa shape index (κ3) is 4.02. The molecule has 1 aromatic heterocycles. The first-order valence-corrected chi connectivity index (χ1v) is 8.15. The molecule has 0 radical (unpaired) electrons. The predicted octanol–water partition coefficient (Wildman–Crippen LogP) is 1.17. The van der Waals surface area contributed by atoms with Crippen LogP contribution in [0.4, 0.5) is 14.8 Å². The van der Waals surface area contributed by atoms with Gasteiger partial charge in [-0.15, -0.1) is 0 Å². The molecule has 0 saturated heterocycles. The molecule has 0 aliphatic heterocycles. The van der Waals surface area contributed by atoms with E-state index in [2.05, 4.69) is 10.6 Å². The van der Waals surface area contributed by atoms with E-state index in [1.165, 1.54) is 6.07 Å². The standard InChI is InChI=1S/C14H18N4O5S/c15-10(19)8-5-9(24-12(8)18-14(16)23)17-11(20)6-3-1-2-4-7(6)13(21)22/h5-7H,1-4H2,(H2,15,19)(H,17,20)(H,21,22)(H3,16,18,23)/t6-,7+/m1/s1. The second-order valence-electron chi connectivity index (χ2n) is 5.53. The zero-order valence-electron chi connectivity index (χ0n) is 12.7. The summed E-state index contributed by atoms with van der Waals surface area (Å²) in [4.78, 5) is 46.0. The van der Waals surface area contributed by atoms with Crippen molar-refractivity contribution in [1.82, 2.24) is 0 Å². The molecule has 2 atom stereocenters. The van der Waals surface area contributed by atoms with E-state index in [0.29, 0.717) is 12.8 Å². The van der Waals surface area contributed by atoms with Gasteiger partial charge in [-0.3, -0.25) is 19.7 Å². The quantitative estimate of drug-likeness (QED) is 0.534. The van der Waals surface area contributed by atoms with E-state index in [0.717, 1.165) is 24.2 Å². The van der Waals surface area contributed by atoms with E-state index in [9.17, 15) is 24.3 Å². The molecule has 1 fully saturated rings. The van der Waals surface area contributed by atoms with Gasteiger partial charge in [0.1, 0.15) is 5.00 Å². The number of urea groups is 1. The second kappa shape index (κ2) is 7.30. The number of nitrogens with two attached hydrogens (primary N) is 2. The highest BCUT2D eigenvalue weighted by Gasteiger charge is 2.36. The van der Waals surface area contributed by atoms with Crippen LogP contribution in [0.1, 0.15) is 36.0 Å². The number of thiophene rings is 1. The summed E-state index contributed by atoms with van der Waals surface area (Å²) in [6.07, 6.45) is 2.51. The third-order valence-electron chi connectivity index (χ3n) is 3.90. The van der Waals surface area contributed by atoms with Crippen LogP contribution < -0.4 is 22.1 Å². The summed E-state index contributed by atoms with van der Waals surface area (Å²) >= 11 is 0.926. The Bertz CT molecular complexity index is 687. The van der Waals surface area contributed by atoms with Gasteiger partial charge < -0.3 is 21.9 Å². The van der Waals surface area contributed by atoms with Gasteiger partial charge in [-0.2, -0.15) is 0 Å². The number of carbonyl (C=O) groups excluding carboxylic acids is 3. The largest absolute Gasteiger partial charge is 0.481 e. The number of rotatable bonds is 5. The Hall–Kier alpha value is -2.62. The van der Waals surface area contributed by atoms with Gasteiger partial charge >= 0.3 is 12.0 Å². The number of hydrogen-bond acceptors (Lipinski definition) is 5. The van der Waals surface area contributed by atoms with Crippen LogP contribution in [0.15, 0.2) is 6.07 Å². The van der Waals surface area contributed by atoms with Crippen molar-refractivity contribution < 1.29 is 24.3 Å². The zero-order chi connectivity index (χ0) is 17.9. The fourth-order valence-electron chi connectivity index (χ4n) is 2.79. The van der Waals surface area contributed by atoms with E-state index in [4.69, 9.17) is 11.5 Å². The summed E-state index contributed by atoms with van der Waals surface area (Å²) in [6.45, 7) is 0. The van der Waals surface area contributed by atoms with E-state index < -0.39 is 35.7 Å². The van der Waals surface area contributed by atoms with Crippen LogP contribution in [0.5, 0.6) is 0 Å². The lowest BCUT2D eigenvalue weighted by atomic mass is 9.79. The maximum absolute atomic E-state index is 12.4. The monoisotopic (exact) mass is 354 g/mol. The molecule has 0 spiro atoms. The fraction of sp³-hybridized carbons (Fsp3) is 0.429. The number of hydrogen-bond donors (Lipinski definition) is 5. The molecule has 0 aromatic carbocycles. The highest BCUT2D eigenvalue weighted by molar-refractivity contribution is 7.20. The van der Waals surface area contributed by atoms with E-state index in [-0.39, 0.29) is 15.6 Å². The molecule has 9 nitrogen and oxygen atoms in total. The lowest BCUT2D eigenvalue weighted by Gasteiger charge is -2.27. The van der Waals surface area contributed by atoms with Crippen molar-refractivity contribution in [2.45, 2.75) is 25.7 Å². The van der Waals surface area contributed by atoms with Gasteiger partial charge in [0.2, 0.25) is 5.91 Å². The van der Waals surface area contributed by atoms with E-state index >= 15 is 0 Å². The normalized spacial score (nSPS) is 20.2. The van der Waals surface area contributed by atoms with Crippen LogP contribution in [0.25, 0.3) is 0 Å². The number of nitrogens with one attached hydrogen (secondary N) is 2. The molecule has 7 N–H and O–H groups in total. The topological polar surface area (TPSA) is 165 Å². The number of carboxylic acids is 1. The molecule has 1 saturated carbocycles. The molecule has 10 heteroatoms. The Morgan fingerprint density at radius 1 is 1.08 bits per heavy atom. The summed E-state index contributed by atoms with van der Waals surface area (Å²) in [5, 5.41) is 14.5. The maximum atomic E-state index is 12.4. The predicted molar refractivity (Wildman–Crippen MR) is 87.8 cm³/mol. The number of anilines is 2. The number of carbonyl (C=O) groups is 4. The molecule has 0 bridgehead atoms. The lowest BCUT2D eigenvalue weighted by molar-refractivity contribution is -0.147. The molecule has 1 aromatic rings. The van der Waals surface area contributed by atoms with Crippen LogP contribution in [0, 0.1) is 11.8 Å². The Morgan fingerprint density at radius 2 is 1.71 bits per heavy atom. The van der Waals surface area contributed by atoms with Gasteiger partial charge in [-0.1, -0.05) is 24.2 Å². The van der Waals surface area contributed by atoms with Crippen molar-refractivity contribution in [2.24, 2.45) is 23.3 Å². The van der Waals surface area contributed by atoms with Gasteiger partial charge in [0.25, 0.3) is 5.91 Å². The third-order valence-corrected chi connectivity index (χ3v) is 4.87. The van der Waals surface area contributed by atoms with Crippen molar-refractivity contribution in [2.75, 3.05) is 10.6 Å². The highest BCUT2D eigenvalue weighted by atomic mass is 32.1. The first-order valence-electron chi connectivity index (χ1n) is 7.33. The van der Waals surface area contributed by atoms with Crippen molar-refractivity contribution in [3.05, 3.63) is 11.6 Å². The Labute approximate surface area is 141 Å². The molecule has 0 unspecified atom stereocenters. The van der Waals surface area contributed by atoms with Crippen LogP contribution in [-0.4, -0.2) is 28.9 Å². The Morgan fingerprint density at radius 3 is 2.25 bits per heavy atom. The summed E-state index contributed by atoms with van der Waals surface area (Å²) in [5.41, 5.74) is 10.3. The molecule has 1 aliphatic rings. The van der Waals surface area contributed by atoms with Crippen molar-refractivity contribution in [3.63, 3.8) is 0 Å². The van der Waals surface area contributed by atoms with Crippen LogP contribution in [0.2, 0.25) is 0 Å². The van der Waals surface area contributed by atoms with Crippen LogP contribution >= 0.6 is 11.3 Å². The van der Waals surface area contributed by atoms with Crippen molar-refractivity contribution in [3.8, 4) is 0 Å². The molecular weight excluding hydrogens is 336 g/mol. The highest BCUT2D eigenvalue weighted by Crippen LogP contribution is 2.35. The summed E-state index contributed by atoms with van der Waals surface area (Å²) < 4.78 is 0. The minimum Gasteiger partial charge on any atom is -0.481 e. The van der Waals surface area contributed by atoms with Gasteiger partial charge in [-0.05, 0) is 18.9 Å². The Balaban J connectivity index is 2.17. The molecule has 2 rings (SSSR count). The second-order valence-corrected chi connectivity index (χ2v) is 6.58. The number of amides is 4. The van der Waals surface area contributed by atoms with Crippen molar-refractivity contribution in [1.29, 1.82) is 0 Å². The number of aliphatic carboxylic acids is 1. The average molecular weight is 354 g/mol. The summed E-state index contributed by atoms with van der Waals surface area (Å²) in [6, 6.07) is 0.463. The van der Waals surface area contributed by atoms with Crippen LogP contribution in [-0.2, 0) is 9.59 Å². The lowest BCUT2D eigenvalue weighted by Crippen LogP contribution is -2.35. The molecule has 24 heavy (non-hydrogen) atoms. The Kier molecular flexibility index (Phi) is 5.39. The molecular formula is C14H18N4O5S. The number of primary amides is 2. The average Bonchev–Trinajstić information content (AvgIpc) is 2.89. The smallest absolute Gasteiger partial charge is 0.317 e. The van der Waals surface area contributed by atoms with Crippen molar-refractivity contribution >= 4 is 45.2 Å². The molecule has 4 amide bonds. The number of carboxylic acid groups (broad SMARTS) is 1. The van der Waals surface area contributed by atoms with Gasteiger partial charge in [0.05, 0.1) is 22.4 Å². The molecule has 130 valence electrons. The summed E-state index contributed by atoms with van der Waals surface area (Å²) in [7, 11) is 0. The van der Waals surface area contributed by atoms with Gasteiger partial charge in [-0.25, -0.2) is 4.79 Å². The minimum atomic E-state index is -0.991. The van der Waals surface area contributed by atoms with Gasteiger partial charge in [0, 0.05) is 0 Å². The minimum absolute atomic E-state index is 0.0209. The first-order chi connectivity index (χ1) is 11.3. The van der Waals surface area contributed by atoms with E-state index in [1.807, 2.05) is 0 Å². The molecule has 1 aliphatic carbocycles.